The van der Waals surface area contributed by atoms with Gasteiger partial charge in [-0.15, -0.1) is 0 Å². The lowest BCUT2D eigenvalue weighted by atomic mass is 9.84. The number of carbonyl (C=O) groups excluding carboxylic acids is 2. The largest absolute Gasteiger partial charge is 0.379 e. The van der Waals surface area contributed by atoms with Crippen molar-refractivity contribution in [3.05, 3.63) is 127 Å². The second-order valence-electron chi connectivity index (χ2n) is 8.29. The molecule has 1 aliphatic carbocycles. The van der Waals surface area contributed by atoms with Gasteiger partial charge in [0.05, 0.1) is 21.5 Å². The van der Waals surface area contributed by atoms with Gasteiger partial charge in [-0.3, -0.25) is 29.8 Å². The van der Waals surface area contributed by atoms with E-state index in [0.29, 0.717) is 5.69 Å². The Labute approximate surface area is 219 Å². The number of fused-ring (bicyclic) bond motifs is 2. The number of hydrogen-bond acceptors (Lipinski definition) is 10. The standard InChI is InChI=1S/C26H15N3O9S/c30-25-18-4-1-2-5-19(18)26(31)24-20(25)6-3-7-23(24)39(36,37)38-17-11-8-15(9-12-17)27-21-13-10-16(28(32)33)14-22(21)29(34)35/h1-14,27H. The Morgan fingerprint density at radius 3 is 2.00 bits per heavy atom. The van der Waals surface area contributed by atoms with Crippen molar-refractivity contribution in [2.75, 3.05) is 5.32 Å². The fourth-order valence-electron chi connectivity index (χ4n) is 4.13. The summed E-state index contributed by atoms with van der Waals surface area (Å²) in [7, 11) is -4.56. The average Bonchev–Trinajstić information content (AvgIpc) is 2.92. The molecule has 39 heavy (non-hydrogen) atoms. The number of rotatable bonds is 7. The molecule has 1 N–H and O–H groups in total. The lowest BCUT2D eigenvalue weighted by Crippen LogP contribution is -2.24. The number of carbonyl (C=O) groups is 2. The molecule has 194 valence electrons. The van der Waals surface area contributed by atoms with Crippen LogP contribution in [0.1, 0.15) is 31.8 Å². The van der Waals surface area contributed by atoms with Crippen LogP contribution in [0.4, 0.5) is 22.7 Å². The number of anilines is 2. The van der Waals surface area contributed by atoms with E-state index in [2.05, 4.69) is 5.32 Å². The van der Waals surface area contributed by atoms with E-state index in [1.54, 1.807) is 12.1 Å². The highest BCUT2D eigenvalue weighted by Gasteiger charge is 2.35. The first-order chi connectivity index (χ1) is 18.6. The van der Waals surface area contributed by atoms with Crippen LogP contribution < -0.4 is 9.50 Å². The molecule has 4 aromatic carbocycles. The van der Waals surface area contributed by atoms with Crippen LogP contribution in [0.25, 0.3) is 0 Å². The summed E-state index contributed by atoms with van der Waals surface area (Å²) in [6.07, 6.45) is 0. The van der Waals surface area contributed by atoms with Gasteiger partial charge >= 0.3 is 10.1 Å². The van der Waals surface area contributed by atoms with Gasteiger partial charge in [0.1, 0.15) is 16.3 Å². The van der Waals surface area contributed by atoms with E-state index in [1.807, 2.05) is 0 Å². The van der Waals surface area contributed by atoms with Crippen LogP contribution in [0.2, 0.25) is 0 Å². The molecule has 0 unspecified atom stereocenters. The summed E-state index contributed by atoms with van der Waals surface area (Å²) in [5.74, 6) is -1.23. The van der Waals surface area contributed by atoms with Crippen molar-refractivity contribution in [3.8, 4) is 5.75 Å². The molecule has 0 spiro atoms. The van der Waals surface area contributed by atoms with E-state index in [9.17, 15) is 38.2 Å². The van der Waals surface area contributed by atoms with Crippen molar-refractivity contribution in [2.24, 2.45) is 0 Å². The van der Waals surface area contributed by atoms with Crippen molar-refractivity contribution < 1.29 is 32.0 Å². The zero-order valence-electron chi connectivity index (χ0n) is 19.6. The van der Waals surface area contributed by atoms with Gasteiger partial charge < -0.3 is 9.50 Å². The van der Waals surface area contributed by atoms with Gasteiger partial charge in [0.2, 0.25) is 0 Å². The molecule has 0 bridgehead atoms. The number of nitrogens with one attached hydrogen (secondary N) is 1. The summed E-state index contributed by atoms with van der Waals surface area (Å²) < 4.78 is 31.6. The first kappa shape index (κ1) is 25.2. The summed E-state index contributed by atoms with van der Waals surface area (Å²) in [4.78, 5) is 46.4. The van der Waals surface area contributed by atoms with Crippen LogP contribution >= 0.6 is 0 Å². The fourth-order valence-corrected chi connectivity index (χ4v) is 5.29. The molecule has 0 aliphatic heterocycles. The van der Waals surface area contributed by atoms with Crippen LogP contribution in [0.5, 0.6) is 5.75 Å². The van der Waals surface area contributed by atoms with E-state index in [1.165, 1.54) is 60.7 Å². The Morgan fingerprint density at radius 1 is 0.718 bits per heavy atom. The Hall–Kier alpha value is -5.43. The normalized spacial score (nSPS) is 12.3. The molecule has 0 radical (unpaired) electrons. The predicted molar refractivity (Wildman–Crippen MR) is 137 cm³/mol. The van der Waals surface area contributed by atoms with Crippen molar-refractivity contribution in [1.29, 1.82) is 0 Å². The molecule has 1 aliphatic rings. The number of benzene rings is 4. The number of nitrogens with zero attached hydrogens (tertiary/aromatic N) is 2. The van der Waals surface area contributed by atoms with Crippen molar-refractivity contribution in [1.82, 2.24) is 0 Å². The Balaban J connectivity index is 1.42. The minimum atomic E-state index is -4.56. The third-order valence-corrected chi connectivity index (χ3v) is 7.20. The highest BCUT2D eigenvalue weighted by atomic mass is 32.2. The smallest absolute Gasteiger partial charge is 0.339 e. The van der Waals surface area contributed by atoms with E-state index >= 15 is 0 Å². The monoisotopic (exact) mass is 545 g/mol. The van der Waals surface area contributed by atoms with Gasteiger partial charge in [-0.05, 0) is 36.4 Å². The predicted octanol–water partition coefficient (Wildman–Crippen LogP) is 4.79. The van der Waals surface area contributed by atoms with Gasteiger partial charge in [-0.1, -0.05) is 36.4 Å². The molecule has 0 saturated carbocycles. The SMILES string of the molecule is O=C1c2ccccc2C(=O)c2c1cccc2S(=O)(=O)Oc1ccc(Nc2ccc([N+](=O)[O-])cc2[N+](=O)[O-])cc1. The zero-order valence-corrected chi connectivity index (χ0v) is 20.4. The molecule has 0 atom stereocenters. The highest BCUT2D eigenvalue weighted by Crippen LogP contribution is 2.34. The van der Waals surface area contributed by atoms with Crippen LogP contribution in [0.3, 0.4) is 0 Å². The lowest BCUT2D eigenvalue weighted by Gasteiger charge is -2.20. The van der Waals surface area contributed by atoms with Gasteiger partial charge in [0.25, 0.3) is 11.4 Å². The molecule has 0 fully saturated rings. The van der Waals surface area contributed by atoms with Crippen LogP contribution in [0, 0.1) is 20.2 Å². The van der Waals surface area contributed by atoms with Crippen molar-refractivity contribution in [3.63, 3.8) is 0 Å². The third kappa shape index (κ3) is 4.57. The Kier molecular flexibility index (Phi) is 6.12. The number of hydrogen-bond donors (Lipinski definition) is 1. The molecule has 0 saturated heterocycles. The minimum Gasteiger partial charge on any atom is -0.379 e. The van der Waals surface area contributed by atoms with E-state index in [0.717, 1.165) is 12.1 Å². The minimum absolute atomic E-state index is 0.0220. The molecule has 4 aromatic rings. The first-order valence-electron chi connectivity index (χ1n) is 11.1. The fraction of sp³-hybridized carbons (Fsp3) is 0. The maximum Gasteiger partial charge on any atom is 0.339 e. The molecule has 13 heteroatoms. The summed E-state index contributed by atoms with van der Waals surface area (Å²) >= 11 is 0. The number of nitro groups is 2. The number of nitro benzene ring substituents is 2. The van der Waals surface area contributed by atoms with Crippen LogP contribution in [-0.4, -0.2) is 29.8 Å². The second-order valence-corrected chi connectivity index (χ2v) is 9.80. The number of non-ortho nitro benzene ring substituents is 1. The molecule has 0 heterocycles. The quantitative estimate of drug-likeness (QED) is 0.170. The number of ketones is 2. The van der Waals surface area contributed by atoms with Gasteiger partial charge in [0, 0.05) is 28.4 Å². The Bertz CT molecular complexity index is 1820. The van der Waals surface area contributed by atoms with E-state index in [-0.39, 0.29) is 33.7 Å². The van der Waals surface area contributed by atoms with Gasteiger partial charge in [-0.25, -0.2) is 0 Å². The summed E-state index contributed by atoms with van der Waals surface area (Å²) in [5, 5.41) is 25.0. The lowest BCUT2D eigenvalue weighted by molar-refractivity contribution is -0.393. The summed E-state index contributed by atoms with van der Waals surface area (Å²) in [5.41, 5.74) is -0.750. The summed E-state index contributed by atoms with van der Waals surface area (Å²) in [6.45, 7) is 0. The molecule has 0 aromatic heterocycles. The van der Waals surface area contributed by atoms with Crippen molar-refractivity contribution in [2.45, 2.75) is 4.90 Å². The molecular weight excluding hydrogens is 530 g/mol. The zero-order chi connectivity index (χ0) is 27.9. The third-order valence-electron chi connectivity index (χ3n) is 5.91. The molecule has 5 rings (SSSR count). The van der Waals surface area contributed by atoms with Gasteiger partial charge in [-0.2, -0.15) is 8.42 Å². The van der Waals surface area contributed by atoms with Gasteiger partial charge in [0.15, 0.2) is 11.6 Å². The maximum absolute atomic E-state index is 13.2. The Morgan fingerprint density at radius 2 is 1.36 bits per heavy atom. The molecular formula is C26H15N3O9S. The van der Waals surface area contributed by atoms with Crippen LogP contribution in [-0.2, 0) is 10.1 Å². The highest BCUT2D eigenvalue weighted by molar-refractivity contribution is 7.87. The first-order valence-corrected chi connectivity index (χ1v) is 12.5. The van der Waals surface area contributed by atoms with E-state index < -0.39 is 47.8 Å². The molecule has 0 amide bonds. The van der Waals surface area contributed by atoms with Crippen LogP contribution in [0.15, 0.2) is 89.8 Å². The second kappa shape index (κ2) is 9.46. The van der Waals surface area contributed by atoms with Crippen molar-refractivity contribution >= 4 is 44.4 Å². The van der Waals surface area contributed by atoms with E-state index in [4.69, 9.17) is 4.18 Å². The molecule has 12 nitrogen and oxygen atoms in total. The maximum atomic E-state index is 13.2. The topological polar surface area (TPSA) is 176 Å². The summed E-state index contributed by atoms with van der Waals surface area (Å²) in [6, 6.07) is 18.4. The average molecular weight is 545 g/mol.